The van der Waals surface area contributed by atoms with Crippen LogP contribution in [0, 0.1) is 0 Å². The number of nitrogens with one attached hydrogen (secondary N) is 2. The minimum Gasteiger partial charge on any atom is -0.344 e. The monoisotopic (exact) mass is 282 g/mol. The predicted molar refractivity (Wildman–Crippen MR) is 82.8 cm³/mol. The molecule has 0 radical (unpaired) electrons. The molecule has 21 heavy (non-hydrogen) atoms. The number of benzene rings is 2. The van der Waals surface area contributed by atoms with Crippen LogP contribution in [-0.4, -0.2) is 17.9 Å². The van der Waals surface area contributed by atoms with E-state index in [-0.39, 0.29) is 11.8 Å². The van der Waals surface area contributed by atoms with E-state index in [0.717, 1.165) is 5.56 Å². The first kappa shape index (κ1) is 14.8. The number of hydrogen-bond donors (Lipinski definition) is 2. The van der Waals surface area contributed by atoms with Crippen molar-refractivity contribution in [2.75, 3.05) is 5.32 Å². The van der Waals surface area contributed by atoms with Crippen LogP contribution in [-0.2, 0) is 16.0 Å². The highest BCUT2D eigenvalue weighted by Crippen LogP contribution is 2.08. The smallest absolute Gasteiger partial charge is 0.247 e. The van der Waals surface area contributed by atoms with E-state index in [1.165, 1.54) is 6.92 Å². The van der Waals surface area contributed by atoms with Gasteiger partial charge in [0.05, 0.1) is 0 Å². The fourth-order valence-corrected chi connectivity index (χ4v) is 2.06. The fourth-order valence-electron chi connectivity index (χ4n) is 2.06. The maximum Gasteiger partial charge on any atom is 0.247 e. The molecular weight excluding hydrogens is 264 g/mol. The third kappa shape index (κ3) is 4.76. The molecule has 2 N–H and O–H groups in total. The molecule has 1 unspecified atom stereocenters. The molecule has 0 aliphatic rings. The zero-order chi connectivity index (χ0) is 15.1. The summed E-state index contributed by atoms with van der Waals surface area (Å²) in [5, 5.41) is 5.51. The lowest BCUT2D eigenvalue weighted by molar-refractivity contribution is -0.125. The lowest BCUT2D eigenvalue weighted by Crippen LogP contribution is -2.44. The Balaban J connectivity index is 2.08. The van der Waals surface area contributed by atoms with Crippen LogP contribution in [0.2, 0.25) is 0 Å². The van der Waals surface area contributed by atoms with Crippen LogP contribution in [0.15, 0.2) is 60.7 Å². The van der Waals surface area contributed by atoms with Crippen LogP contribution in [0.4, 0.5) is 5.69 Å². The van der Waals surface area contributed by atoms with Gasteiger partial charge in [0, 0.05) is 19.0 Å². The van der Waals surface area contributed by atoms with Crippen molar-refractivity contribution in [2.24, 2.45) is 0 Å². The van der Waals surface area contributed by atoms with Gasteiger partial charge < -0.3 is 10.6 Å². The second kappa shape index (κ2) is 7.24. The standard InChI is InChI=1S/C17H18N2O2/c1-13(20)18-16(12-14-8-4-2-5-9-14)17(21)19-15-10-6-3-7-11-15/h2-11,16H,12H2,1H3,(H,18,20)(H,19,21). The maximum atomic E-state index is 12.3. The molecule has 4 heteroatoms. The van der Waals surface area contributed by atoms with Gasteiger partial charge in [-0.1, -0.05) is 48.5 Å². The second-order valence-corrected chi connectivity index (χ2v) is 4.80. The lowest BCUT2D eigenvalue weighted by atomic mass is 10.1. The highest BCUT2D eigenvalue weighted by molar-refractivity contribution is 5.97. The minimum atomic E-state index is -0.592. The molecule has 0 bridgehead atoms. The van der Waals surface area contributed by atoms with Gasteiger partial charge >= 0.3 is 0 Å². The highest BCUT2D eigenvalue weighted by Gasteiger charge is 2.19. The van der Waals surface area contributed by atoms with Crippen molar-refractivity contribution in [1.29, 1.82) is 0 Å². The average molecular weight is 282 g/mol. The topological polar surface area (TPSA) is 58.2 Å². The zero-order valence-electron chi connectivity index (χ0n) is 11.9. The van der Waals surface area contributed by atoms with Gasteiger partial charge in [0.1, 0.15) is 6.04 Å². The second-order valence-electron chi connectivity index (χ2n) is 4.80. The van der Waals surface area contributed by atoms with E-state index in [0.29, 0.717) is 12.1 Å². The summed E-state index contributed by atoms with van der Waals surface area (Å²) in [7, 11) is 0. The first-order valence-electron chi connectivity index (χ1n) is 6.82. The van der Waals surface area contributed by atoms with E-state index in [2.05, 4.69) is 10.6 Å². The van der Waals surface area contributed by atoms with Crippen LogP contribution in [0.1, 0.15) is 12.5 Å². The van der Waals surface area contributed by atoms with E-state index in [1.807, 2.05) is 60.7 Å². The van der Waals surface area contributed by atoms with E-state index >= 15 is 0 Å². The summed E-state index contributed by atoms with van der Waals surface area (Å²) in [6, 6.07) is 18.2. The van der Waals surface area contributed by atoms with Gasteiger partial charge in [0.2, 0.25) is 11.8 Å². The number of amides is 2. The highest BCUT2D eigenvalue weighted by atomic mass is 16.2. The summed E-state index contributed by atoms with van der Waals surface area (Å²) >= 11 is 0. The summed E-state index contributed by atoms with van der Waals surface area (Å²) in [6.45, 7) is 1.41. The summed E-state index contributed by atoms with van der Waals surface area (Å²) < 4.78 is 0. The maximum absolute atomic E-state index is 12.3. The van der Waals surface area contributed by atoms with Crippen molar-refractivity contribution in [2.45, 2.75) is 19.4 Å². The van der Waals surface area contributed by atoms with Gasteiger partial charge in [-0.25, -0.2) is 0 Å². The molecule has 2 amide bonds. The molecule has 0 saturated carbocycles. The Labute approximate surface area is 124 Å². The number of hydrogen-bond acceptors (Lipinski definition) is 2. The molecule has 0 heterocycles. The van der Waals surface area contributed by atoms with Crippen LogP contribution >= 0.6 is 0 Å². The molecule has 1 atom stereocenters. The molecule has 0 aliphatic heterocycles. The van der Waals surface area contributed by atoms with Gasteiger partial charge in [0.15, 0.2) is 0 Å². The molecule has 0 aromatic heterocycles. The fraction of sp³-hybridized carbons (Fsp3) is 0.176. The number of rotatable bonds is 5. The molecule has 0 aliphatic carbocycles. The third-order valence-electron chi connectivity index (χ3n) is 3.02. The van der Waals surface area contributed by atoms with Gasteiger partial charge in [-0.3, -0.25) is 9.59 Å². The molecule has 108 valence electrons. The number of para-hydroxylation sites is 1. The Morgan fingerprint density at radius 3 is 2.10 bits per heavy atom. The first-order chi connectivity index (χ1) is 10.1. The number of carbonyl (C=O) groups excluding carboxylic acids is 2. The lowest BCUT2D eigenvalue weighted by Gasteiger charge is -2.17. The van der Waals surface area contributed by atoms with Crippen LogP contribution in [0.5, 0.6) is 0 Å². The molecule has 0 saturated heterocycles. The van der Waals surface area contributed by atoms with Crippen molar-refractivity contribution in [1.82, 2.24) is 5.32 Å². The van der Waals surface area contributed by atoms with E-state index in [4.69, 9.17) is 0 Å². The molecule has 2 aromatic carbocycles. The van der Waals surface area contributed by atoms with E-state index < -0.39 is 6.04 Å². The zero-order valence-corrected chi connectivity index (χ0v) is 11.9. The van der Waals surface area contributed by atoms with Crippen molar-refractivity contribution in [3.05, 3.63) is 66.2 Å². The third-order valence-corrected chi connectivity index (χ3v) is 3.02. The van der Waals surface area contributed by atoms with Gasteiger partial charge in [-0.05, 0) is 17.7 Å². The summed E-state index contributed by atoms with van der Waals surface area (Å²) in [4.78, 5) is 23.6. The van der Waals surface area contributed by atoms with Crippen molar-refractivity contribution in [3.63, 3.8) is 0 Å². The summed E-state index contributed by atoms with van der Waals surface area (Å²) in [6.07, 6.45) is 0.457. The Morgan fingerprint density at radius 2 is 1.52 bits per heavy atom. The SMILES string of the molecule is CC(=O)NC(Cc1ccccc1)C(=O)Nc1ccccc1. The van der Waals surface area contributed by atoms with Crippen LogP contribution in [0.25, 0.3) is 0 Å². The van der Waals surface area contributed by atoms with Gasteiger partial charge in [-0.2, -0.15) is 0 Å². The Bertz CT molecular complexity index is 597. The Hall–Kier alpha value is -2.62. The normalized spacial score (nSPS) is 11.5. The molecule has 4 nitrogen and oxygen atoms in total. The summed E-state index contributed by atoms with van der Waals surface area (Å²) in [5.41, 5.74) is 1.71. The average Bonchev–Trinajstić information content (AvgIpc) is 2.48. The molecule has 0 spiro atoms. The van der Waals surface area contributed by atoms with Crippen molar-refractivity contribution < 1.29 is 9.59 Å². The number of carbonyl (C=O) groups is 2. The van der Waals surface area contributed by atoms with Gasteiger partial charge in [-0.15, -0.1) is 0 Å². The number of anilines is 1. The predicted octanol–water partition coefficient (Wildman–Crippen LogP) is 2.37. The molecule has 0 fully saturated rings. The van der Waals surface area contributed by atoms with E-state index in [1.54, 1.807) is 0 Å². The molecule has 2 rings (SSSR count). The first-order valence-corrected chi connectivity index (χ1v) is 6.82. The summed E-state index contributed by atoms with van der Waals surface area (Å²) in [5.74, 6) is -0.445. The minimum absolute atomic E-state index is 0.222. The van der Waals surface area contributed by atoms with Crippen molar-refractivity contribution >= 4 is 17.5 Å². The Kier molecular flexibility index (Phi) is 5.10. The van der Waals surface area contributed by atoms with Crippen LogP contribution in [0.3, 0.4) is 0 Å². The van der Waals surface area contributed by atoms with Crippen LogP contribution < -0.4 is 10.6 Å². The van der Waals surface area contributed by atoms with E-state index in [9.17, 15) is 9.59 Å². The molecular formula is C17H18N2O2. The van der Waals surface area contributed by atoms with Gasteiger partial charge in [0.25, 0.3) is 0 Å². The quantitative estimate of drug-likeness (QED) is 0.884. The Morgan fingerprint density at radius 1 is 0.952 bits per heavy atom. The van der Waals surface area contributed by atoms with Crippen molar-refractivity contribution in [3.8, 4) is 0 Å². The largest absolute Gasteiger partial charge is 0.344 e. The molecule has 2 aromatic rings.